The zero-order chi connectivity index (χ0) is 55.7. The Hall–Kier alpha value is -7.42. The number of methoxy groups -OCH3 is 1. The maximum Gasteiger partial charge on any atom is 0.330 e. The molecule has 0 saturated heterocycles. The number of ketones is 1. The molecule has 0 unspecified atom stereocenters. The second kappa shape index (κ2) is 31.6. The van der Waals surface area contributed by atoms with E-state index >= 15 is 0 Å². The lowest BCUT2D eigenvalue weighted by atomic mass is 9.88. The largest absolute Gasteiger partial charge is 0.493 e. The number of rotatable bonds is 30. The summed E-state index contributed by atoms with van der Waals surface area (Å²) in [4.78, 5) is 75.4. The van der Waals surface area contributed by atoms with Crippen LogP contribution in [-0.2, 0) is 105 Å². The molecule has 1 aliphatic rings. The van der Waals surface area contributed by atoms with Gasteiger partial charge in [0.05, 0.1) is 33.5 Å². The highest BCUT2D eigenvalue weighted by Crippen LogP contribution is 2.41. The van der Waals surface area contributed by atoms with E-state index in [0.29, 0.717) is 71.7 Å². The lowest BCUT2D eigenvalue weighted by molar-refractivity contribution is -0.154. The Bertz CT molecular complexity index is 2580. The third-order valence-corrected chi connectivity index (χ3v) is 12.5. The van der Waals surface area contributed by atoms with Crippen molar-refractivity contribution in [2.75, 3.05) is 33.5 Å². The van der Waals surface area contributed by atoms with E-state index in [0.717, 1.165) is 108 Å². The summed E-state index contributed by atoms with van der Waals surface area (Å²) in [5.41, 5.74) is 8.60. The first-order chi connectivity index (χ1) is 37.2. The molecule has 0 radical (unpaired) electrons. The zero-order valence-corrected chi connectivity index (χ0v) is 45.9. The lowest BCUT2D eigenvalue weighted by Gasteiger charge is -2.25. The summed E-state index contributed by atoms with van der Waals surface area (Å²) in [5, 5.41) is 0. The molecule has 0 spiro atoms. The Balaban J connectivity index is 1.95. The molecular weight excluding hydrogens is 985 g/mol. The molecule has 15 nitrogen and oxygen atoms in total. The fourth-order valence-corrected chi connectivity index (χ4v) is 8.78. The molecule has 4 aromatic rings. The first kappa shape index (κ1) is 60.4. The number of carbonyl (C=O) groups excluding carboxylic acids is 6. The lowest BCUT2D eigenvalue weighted by Crippen LogP contribution is -2.14. The zero-order valence-electron chi connectivity index (χ0n) is 45.9. The molecule has 0 atom stereocenters. The van der Waals surface area contributed by atoms with Crippen molar-refractivity contribution in [3.05, 3.63) is 141 Å². The molecule has 8 bridgehead atoms. The van der Waals surface area contributed by atoms with Crippen LogP contribution in [0.25, 0.3) is 0 Å². The van der Waals surface area contributed by atoms with Crippen molar-refractivity contribution in [3.63, 3.8) is 0 Å². The van der Waals surface area contributed by atoms with Crippen LogP contribution in [-0.4, -0.2) is 69.2 Å². The summed E-state index contributed by atoms with van der Waals surface area (Å²) in [7, 11) is 1.20. The summed E-state index contributed by atoms with van der Waals surface area (Å²) in [5.74, 6) is -1.22. The second-order valence-corrected chi connectivity index (χ2v) is 19.1. The second-order valence-electron chi connectivity index (χ2n) is 19.1. The molecule has 0 fully saturated rings. The number of hydrogen-bond acceptors (Lipinski definition) is 15. The van der Waals surface area contributed by atoms with Crippen molar-refractivity contribution in [3.8, 4) is 23.0 Å². The van der Waals surface area contributed by atoms with E-state index in [1.807, 2.05) is 48.5 Å². The standard InChI is InChI=1S/C62H76O15/c1-9-15-19-70-59-46-24-42(37-74-54(64)13-5)26-48(59)34-52-30-45(40-77-58(68)36-56(66)69-8)31-53(62(52)73-22-18-12-4)35-49-27-43(38-75-55(65)14-6)25-47(60(49)71-20-16-10-2)33-51-29-44(39-76-57(67)23-41(7)63)28-50(32-46)61(51)72-21-17-11-3/h13-14,24-31H,5-6,9-12,15-23,32-40H2,1-4,7-8H3. The van der Waals surface area contributed by atoms with Crippen LogP contribution in [0.2, 0.25) is 0 Å². The van der Waals surface area contributed by atoms with Gasteiger partial charge < -0.3 is 42.6 Å². The van der Waals surface area contributed by atoms with Crippen LogP contribution in [0.5, 0.6) is 23.0 Å². The highest BCUT2D eigenvalue weighted by atomic mass is 16.6. The van der Waals surface area contributed by atoms with Crippen LogP contribution in [0, 0.1) is 0 Å². The number of benzene rings is 4. The van der Waals surface area contributed by atoms with Gasteiger partial charge in [-0.3, -0.25) is 19.2 Å². The van der Waals surface area contributed by atoms with Gasteiger partial charge in [-0.25, -0.2) is 9.59 Å². The van der Waals surface area contributed by atoms with E-state index in [2.05, 4.69) is 40.9 Å². The Morgan fingerprint density at radius 3 is 0.909 bits per heavy atom. The summed E-state index contributed by atoms with van der Waals surface area (Å²) >= 11 is 0. The Morgan fingerprint density at radius 1 is 0.416 bits per heavy atom. The number of Topliss-reactive ketones (excluding diaryl/α,β-unsaturated/α-hetero) is 1. The molecular formula is C62H76O15. The molecule has 15 heteroatoms. The monoisotopic (exact) mass is 1060 g/mol. The predicted molar refractivity (Wildman–Crippen MR) is 290 cm³/mol. The summed E-state index contributed by atoms with van der Waals surface area (Å²) < 4.78 is 55.0. The van der Waals surface area contributed by atoms with Gasteiger partial charge in [0, 0.05) is 37.8 Å². The van der Waals surface area contributed by atoms with E-state index in [4.69, 9.17) is 42.6 Å². The smallest absolute Gasteiger partial charge is 0.330 e. The van der Waals surface area contributed by atoms with Crippen molar-refractivity contribution in [1.29, 1.82) is 0 Å². The third kappa shape index (κ3) is 19.0. The van der Waals surface area contributed by atoms with E-state index in [9.17, 15) is 28.8 Å². The molecule has 1 aliphatic carbocycles. The number of fused-ring (bicyclic) bond motifs is 8. The van der Waals surface area contributed by atoms with Gasteiger partial charge in [-0.2, -0.15) is 0 Å². The molecule has 0 saturated carbocycles. The minimum Gasteiger partial charge on any atom is -0.493 e. The van der Waals surface area contributed by atoms with Gasteiger partial charge >= 0.3 is 29.8 Å². The van der Waals surface area contributed by atoms with Gasteiger partial charge in [0.25, 0.3) is 0 Å². The van der Waals surface area contributed by atoms with Gasteiger partial charge in [-0.1, -0.05) is 66.5 Å². The van der Waals surface area contributed by atoms with Crippen LogP contribution in [0.15, 0.2) is 73.8 Å². The van der Waals surface area contributed by atoms with E-state index in [-0.39, 0.29) is 64.3 Å². The van der Waals surface area contributed by atoms with Gasteiger partial charge in [0.2, 0.25) is 0 Å². The molecule has 77 heavy (non-hydrogen) atoms. The predicted octanol–water partition coefficient (Wildman–Crippen LogP) is 11.2. The molecule has 5 rings (SSSR count). The minimum absolute atomic E-state index is 0.0848. The quantitative estimate of drug-likeness (QED) is 0.0139. The Morgan fingerprint density at radius 2 is 0.675 bits per heavy atom. The SMILES string of the molecule is C=CC(=O)OCc1cc2c(OCCCC)c(c1)Cc1cc(COC(=O)CC(=O)OC)cc(c1OCCCC)Cc1cc(COC(=O)C=C)cc(c1OCCCC)Cc1cc(COC(=O)CC(C)=O)cc(c1OCCCC)C2. The van der Waals surface area contributed by atoms with Crippen LogP contribution in [0.4, 0.5) is 0 Å². The number of esters is 5. The molecule has 414 valence electrons. The number of carbonyl (C=O) groups is 6. The average Bonchev–Trinajstić information content (AvgIpc) is 3.41. The molecule has 0 heterocycles. The van der Waals surface area contributed by atoms with E-state index in [1.54, 1.807) is 0 Å². The van der Waals surface area contributed by atoms with Crippen LogP contribution in [0.1, 0.15) is 166 Å². The van der Waals surface area contributed by atoms with Crippen LogP contribution in [0.3, 0.4) is 0 Å². The summed E-state index contributed by atoms with van der Waals surface area (Å²) in [6.45, 7) is 17.9. The summed E-state index contributed by atoms with van der Waals surface area (Å²) in [6, 6.07) is 15.6. The van der Waals surface area contributed by atoms with Gasteiger partial charge in [0.15, 0.2) is 0 Å². The van der Waals surface area contributed by atoms with Crippen molar-refractivity contribution in [1.82, 2.24) is 0 Å². The van der Waals surface area contributed by atoms with Crippen molar-refractivity contribution in [2.24, 2.45) is 0 Å². The molecule has 4 aromatic carbocycles. The van der Waals surface area contributed by atoms with Gasteiger partial charge in [0.1, 0.15) is 68.1 Å². The first-order valence-electron chi connectivity index (χ1n) is 26.8. The Kier molecular flexibility index (Phi) is 24.8. The molecule has 0 aromatic heterocycles. The van der Waals surface area contributed by atoms with Crippen LogP contribution >= 0.6 is 0 Å². The average molecular weight is 1060 g/mol. The molecule has 0 amide bonds. The maximum atomic E-state index is 13.0. The fraction of sp³-hybridized carbons (Fsp3) is 0.452. The highest BCUT2D eigenvalue weighted by Gasteiger charge is 2.26. The molecule has 0 aliphatic heterocycles. The maximum absolute atomic E-state index is 13.0. The van der Waals surface area contributed by atoms with Gasteiger partial charge in [-0.15, -0.1) is 0 Å². The normalized spacial score (nSPS) is 11.6. The number of hydrogen-bond donors (Lipinski definition) is 0. The first-order valence-corrected chi connectivity index (χ1v) is 26.8. The number of unbranched alkanes of at least 4 members (excludes halogenated alkanes) is 4. The topological polar surface area (TPSA) is 185 Å². The van der Waals surface area contributed by atoms with Gasteiger partial charge in [-0.05, 0) is 148 Å². The minimum atomic E-state index is -0.757. The van der Waals surface area contributed by atoms with E-state index in [1.165, 1.54) is 14.0 Å². The fourth-order valence-electron chi connectivity index (χ4n) is 8.78. The summed E-state index contributed by atoms with van der Waals surface area (Å²) in [6.07, 6.45) is 8.71. The number of ether oxygens (including phenoxy) is 9. The third-order valence-electron chi connectivity index (χ3n) is 12.5. The Labute approximate surface area is 453 Å². The van der Waals surface area contributed by atoms with E-state index < -0.39 is 36.3 Å². The van der Waals surface area contributed by atoms with Crippen molar-refractivity contribution >= 4 is 35.6 Å². The van der Waals surface area contributed by atoms with Crippen molar-refractivity contribution < 1.29 is 71.4 Å². The molecule has 0 N–H and O–H groups in total. The van der Waals surface area contributed by atoms with Crippen molar-refractivity contribution in [2.45, 2.75) is 151 Å². The highest BCUT2D eigenvalue weighted by molar-refractivity contribution is 5.94. The van der Waals surface area contributed by atoms with Crippen LogP contribution < -0.4 is 18.9 Å².